The highest BCUT2D eigenvalue weighted by Crippen LogP contribution is 2.35. The van der Waals surface area contributed by atoms with Gasteiger partial charge in [-0.1, -0.05) is 13.8 Å². The van der Waals surface area contributed by atoms with E-state index in [1.54, 1.807) is 0 Å². The predicted molar refractivity (Wildman–Crippen MR) is 61.1 cm³/mol. The highest BCUT2D eigenvalue weighted by molar-refractivity contribution is 5.10. The van der Waals surface area contributed by atoms with E-state index in [2.05, 4.69) is 25.7 Å². The molecule has 0 aliphatic heterocycles. The van der Waals surface area contributed by atoms with Gasteiger partial charge in [0.25, 0.3) is 0 Å². The van der Waals surface area contributed by atoms with E-state index >= 15 is 0 Å². The van der Waals surface area contributed by atoms with Crippen LogP contribution in [0.4, 0.5) is 0 Å². The largest absolute Gasteiger partial charge is 0.324 e. The Morgan fingerprint density at radius 2 is 1.71 bits per heavy atom. The van der Waals surface area contributed by atoms with Gasteiger partial charge >= 0.3 is 0 Å². The first-order valence-electron chi connectivity index (χ1n) is 5.75. The maximum atomic E-state index is 6.42. The first kappa shape index (κ1) is 12.0. The smallest absolute Gasteiger partial charge is 0.0463 e. The fourth-order valence-corrected chi connectivity index (χ4v) is 2.41. The van der Waals surface area contributed by atoms with Crippen LogP contribution < -0.4 is 11.5 Å². The van der Waals surface area contributed by atoms with Gasteiger partial charge in [0.2, 0.25) is 0 Å². The van der Waals surface area contributed by atoms with Crippen molar-refractivity contribution in [1.82, 2.24) is 4.90 Å². The SMILES string of the molecule is CCN(CC)C[C@]1(N)CCC[C@@]1(C)N. The van der Waals surface area contributed by atoms with Crippen LogP contribution in [0.5, 0.6) is 0 Å². The molecule has 0 bridgehead atoms. The molecule has 0 aromatic heterocycles. The normalized spacial score (nSPS) is 38.1. The van der Waals surface area contributed by atoms with Gasteiger partial charge in [0, 0.05) is 17.6 Å². The summed E-state index contributed by atoms with van der Waals surface area (Å²) in [6.07, 6.45) is 3.30. The van der Waals surface area contributed by atoms with Gasteiger partial charge in [-0.25, -0.2) is 0 Å². The Labute approximate surface area is 87.8 Å². The van der Waals surface area contributed by atoms with Gasteiger partial charge in [0.15, 0.2) is 0 Å². The molecule has 0 amide bonds. The average Bonchev–Trinajstić information content (AvgIpc) is 2.38. The number of hydrogen-bond donors (Lipinski definition) is 2. The Bertz CT molecular complexity index is 187. The molecule has 2 atom stereocenters. The molecule has 1 rings (SSSR count). The molecule has 0 radical (unpaired) electrons. The van der Waals surface area contributed by atoms with Crippen LogP contribution in [0.25, 0.3) is 0 Å². The van der Waals surface area contributed by atoms with Crippen molar-refractivity contribution in [3.63, 3.8) is 0 Å². The van der Waals surface area contributed by atoms with E-state index in [0.29, 0.717) is 0 Å². The third kappa shape index (κ3) is 2.10. The number of hydrogen-bond acceptors (Lipinski definition) is 3. The van der Waals surface area contributed by atoms with Gasteiger partial charge in [-0.3, -0.25) is 0 Å². The van der Waals surface area contributed by atoms with Gasteiger partial charge in [-0.05, 0) is 39.3 Å². The summed E-state index contributed by atoms with van der Waals surface area (Å²) in [5, 5.41) is 0. The minimum Gasteiger partial charge on any atom is -0.324 e. The lowest BCUT2D eigenvalue weighted by atomic mass is 9.82. The molecule has 0 heterocycles. The molecule has 3 nitrogen and oxygen atoms in total. The zero-order valence-electron chi connectivity index (χ0n) is 9.84. The van der Waals surface area contributed by atoms with E-state index in [1.165, 1.54) is 6.42 Å². The van der Waals surface area contributed by atoms with Crippen LogP contribution in [0.15, 0.2) is 0 Å². The van der Waals surface area contributed by atoms with Crippen LogP contribution in [-0.4, -0.2) is 35.6 Å². The van der Waals surface area contributed by atoms with Gasteiger partial charge < -0.3 is 16.4 Å². The van der Waals surface area contributed by atoms with Crippen molar-refractivity contribution >= 4 is 0 Å². The summed E-state index contributed by atoms with van der Waals surface area (Å²) in [5.41, 5.74) is 12.3. The number of nitrogens with two attached hydrogens (primary N) is 2. The summed E-state index contributed by atoms with van der Waals surface area (Å²) >= 11 is 0. The quantitative estimate of drug-likeness (QED) is 0.708. The third-order valence-corrected chi connectivity index (χ3v) is 3.86. The second-order valence-electron chi connectivity index (χ2n) is 4.89. The zero-order chi connectivity index (χ0) is 10.8. The molecule has 4 N–H and O–H groups in total. The van der Waals surface area contributed by atoms with E-state index < -0.39 is 0 Å². The lowest BCUT2D eigenvalue weighted by Crippen LogP contribution is -2.65. The van der Waals surface area contributed by atoms with Crippen LogP contribution in [0, 0.1) is 0 Å². The van der Waals surface area contributed by atoms with Crippen molar-refractivity contribution in [3.8, 4) is 0 Å². The number of likely N-dealkylation sites (N-methyl/N-ethyl adjacent to an activating group) is 1. The Balaban J connectivity index is 2.65. The molecular formula is C11H25N3. The lowest BCUT2D eigenvalue weighted by Gasteiger charge is -2.41. The Hall–Kier alpha value is -0.120. The van der Waals surface area contributed by atoms with E-state index in [0.717, 1.165) is 32.5 Å². The van der Waals surface area contributed by atoms with Gasteiger partial charge in [0.05, 0.1) is 0 Å². The fourth-order valence-electron chi connectivity index (χ4n) is 2.41. The summed E-state index contributed by atoms with van der Waals surface area (Å²) in [6.45, 7) is 9.51. The first-order chi connectivity index (χ1) is 6.45. The first-order valence-corrected chi connectivity index (χ1v) is 5.75. The van der Waals surface area contributed by atoms with E-state index in [1.807, 2.05) is 0 Å². The second-order valence-corrected chi connectivity index (χ2v) is 4.89. The summed E-state index contributed by atoms with van der Waals surface area (Å²) < 4.78 is 0. The summed E-state index contributed by atoms with van der Waals surface area (Å²) in [5.74, 6) is 0. The number of nitrogens with zero attached hydrogens (tertiary/aromatic N) is 1. The Morgan fingerprint density at radius 3 is 2.07 bits per heavy atom. The topological polar surface area (TPSA) is 55.3 Å². The maximum Gasteiger partial charge on any atom is 0.0463 e. The predicted octanol–water partition coefficient (Wildman–Crippen LogP) is 0.927. The van der Waals surface area contributed by atoms with E-state index in [9.17, 15) is 0 Å². The van der Waals surface area contributed by atoms with Crippen molar-refractivity contribution in [2.75, 3.05) is 19.6 Å². The monoisotopic (exact) mass is 199 g/mol. The number of rotatable bonds is 4. The van der Waals surface area contributed by atoms with Crippen LogP contribution in [0.2, 0.25) is 0 Å². The van der Waals surface area contributed by atoms with Gasteiger partial charge in [0.1, 0.15) is 0 Å². The molecule has 1 aliphatic carbocycles. The van der Waals surface area contributed by atoms with Crippen LogP contribution in [0.3, 0.4) is 0 Å². The standard InChI is InChI=1S/C11H25N3/c1-4-14(5-2)9-11(13)8-6-7-10(11,3)12/h4-9,12-13H2,1-3H3/t10-,11-/m1/s1. The summed E-state index contributed by atoms with van der Waals surface area (Å²) in [7, 11) is 0. The Morgan fingerprint density at radius 1 is 1.14 bits per heavy atom. The van der Waals surface area contributed by atoms with Crippen molar-refractivity contribution < 1.29 is 0 Å². The van der Waals surface area contributed by atoms with Crippen LogP contribution >= 0.6 is 0 Å². The van der Waals surface area contributed by atoms with E-state index in [-0.39, 0.29) is 11.1 Å². The minimum atomic E-state index is -0.185. The molecule has 3 heteroatoms. The zero-order valence-corrected chi connectivity index (χ0v) is 9.84. The maximum absolute atomic E-state index is 6.42. The van der Waals surface area contributed by atoms with Crippen molar-refractivity contribution in [2.24, 2.45) is 11.5 Å². The van der Waals surface area contributed by atoms with Crippen molar-refractivity contribution in [2.45, 2.75) is 51.1 Å². The molecule has 0 unspecified atom stereocenters. The van der Waals surface area contributed by atoms with Crippen molar-refractivity contribution in [1.29, 1.82) is 0 Å². The minimum absolute atomic E-state index is 0.182. The van der Waals surface area contributed by atoms with Gasteiger partial charge in [-0.2, -0.15) is 0 Å². The molecular weight excluding hydrogens is 174 g/mol. The summed E-state index contributed by atoms with van der Waals surface area (Å²) in [6, 6.07) is 0. The molecule has 0 aromatic carbocycles. The molecule has 1 aliphatic rings. The summed E-state index contributed by atoms with van der Waals surface area (Å²) in [4.78, 5) is 2.37. The Kier molecular flexibility index (Phi) is 3.56. The highest BCUT2D eigenvalue weighted by atomic mass is 15.2. The molecule has 0 spiro atoms. The second kappa shape index (κ2) is 4.17. The highest BCUT2D eigenvalue weighted by Gasteiger charge is 2.46. The molecule has 84 valence electrons. The fraction of sp³-hybridized carbons (Fsp3) is 1.00. The van der Waals surface area contributed by atoms with Crippen LogP contribution in [0.1, 0.15) is 40.0 Å². The molecule has 0 aromatic rings. The third-order valence-electron chi connectivity index (χ3n) is 3.86. The average molecular weight is 199 g/mol. The molecule has 1 fully saturated rings. The lowest BCUT2D eigenvalue weighted by molar-refractivity contribution is 0.176. The van der Waals surface area contributed by atoms with Crippen LogP contribution in [-0.2, 0) is 0 Å². The molecule has 14 heavy (non-hydrogen) atoms. The molecule has 1 saturated carbocycles. The molecule has 0 saturated heterocycles. The van der Waals surface area contributed by atoms with Crippen molar-refractivity contribution in [3.05, 3.63) is 0 Å². The van der Waals surface area contributed by atoms with Gasteiger partial charge in [-0.15, -0.1) is 0 Å². The van der Waals surface area contributed by atoms with E-state index in [4.69, 9.17) is 11.5 Å².